The van der Waals surface area contributed by atoms with E-state index in [1.54, 1.807) is 6.07 Å². The number of hydrogen-bond acceptors (Lipinski definition) is 8. The number of nitrogens with one attached hydrogen (secondary N) is 1. The van der Waals surface area contributed by atoms with Crippen molar-refractivity contribution in [2.75, 3.05) is 70.2 Å². The van der Waals surface area contributed by atoms with Gasteiger partial charge in [0.2, 0.25) is 0 Å². The van der Waals surface area contributed by atoms with Gasteiger partial charge in [-0.15, -0.1) is 0 Å². The normalized spacial score (nSPS) is 30.6. The highest BCUT2D eigenvalue weighted by Gasteiger charge is 2.45. The Hall–Kier alpha value is -1.95. The molecule has 1 saturated heterocycles. The third-order valence-electron chi connectivity index (χ3n) is 11.9. The average Bonchev–Trinajstić information content (AvgIpc) is 3.26. The highest BCUT2D eigenvalue weighted by atomic mass is 35.5. The second kappa shape index (κ2) is 16.0. The largest absolute Gasteiger partial charge is 0.490 e. The lowest BCUT2D eigenvalue weighted by Crippen LogP contribution is -2.50. The van der Waals surface area contributed by atoms with Gasteiger partial charge < -0.3 is 14.4 Å². The van der Waals surface area contributed by atoms with Crippen LogP contribution in [0.2, 0.25) is 5.02 Å². The molecule has 5 atom stereocenters. The number of halogens is 2. The van der Waals surface area contributed by atoms with Crippen LogP contribution in [0.4, 0.5) is 10.1 Å². The summed E-state index contributed by atoms with van der Waals surface area (Å²) in [6.07, 6.45) is 11.3. The van der Waals surface area contributed by atoms with Crippen molar-refractivity contribution in [3.63, 3.8) is 0 Å². The Kier molecular flexibility index (Phi) is 11.6. The van der Waals surface area contributed by atoms with Gasteiger partial charge in [-0.3, -0.25) is 14.4 Å². The molecule has 2 aromatic rings. The Morgan fingerprint density at radius 3 is 2.78 bits per heavy atom. The van der Waals surface area contributed by atoms with Crippen molar-refractivity contribution < 1.29 is 18.7 Å². The van der Waals surface area contributed by atoms with Crippen LogP contribution in [0.15, 0.2) is 42.0 Å². The van der Waals surface area contributed by atoms with Crippen molar-refractivity contribution in [3.8, 4) is 5.75 Å². The number of carbonyl (C=O) groups excluding carboxylic acids is 1. The number of allylic oxidation sites excluding steroid dienone is 1. The molecule has 3 aliphatic heterocycles. The summed E-state index contributed by atoms with van der Waals surface area (Å²) >= 11 is 9.63. The average molecular weight is 743 g/mol. The molecule has 1 saturated carbocycles. The van der Waals surface area contributed by atoms with Gasteiger partial charge in [0, 0.05) is 62.0 Å². The minimum absolute atomic E-state index is 0.0754. The van der Waals surface area contributed by atoms with Gasteiger partial charge in [-0.2, -0.15) is 0 Å². The number of nitrogens with zero attached hydrogens (tertiary/aromatic N) is 3. The molecule has 3 heterocycles. The molecule has 4 unspecified atom stereocenters. The van der Waals surface area contributed by atoms with Crippen molar-refractivity contribution in [2.24, 2.45) is 11.8 Å². The van der Waals surface area contributed by atoms with Crippen molar-refractivity contribution in [1.82, 2.24) is 13.9 Å². The molecule has 272 valence electrons. The number of ether oxygens (including phenoxy) is 2. The zero-order valence-corrected chi connectivity index (χ0v) is 32.1. The predicted molar refractivity (Wildman–Crippen MR) is 205 cm³/mol. The Morgan fingerprint density at radius 1 is 1.16 bits per heavy atom. The fourth-order valence-corrected chi connectivity index (χ4v) is 10.1. The maximum absolute atomic E-state index is 15.5. The summed E-state index contributed by atoms with van der Waals surface area (Å²) in [7, 11) is 0. The first kappa shape index (κ1) is 36.4. The van der Waals surface area contributed by atoms with Gasteiger partial charge in [0.05, 0.1) is 30.0 Å². The number of fused-ring (bicyclic) bond motifs is 4. The Labute approximate surface area is 311 Å². The summed E-state index contributed by atoms with van der Waals surface area (Å²) in [5.41, 5.74) is 4.25. The third-order valence-corrected chi connectivity index (χ3v) is 14.0. The topological polar surface area (TPSA) is 57.3 Å². The molecule has 1 N–H and O–H groups in total. The molecular weight excluding hydrogens is 691 g/mol. The minimum Gasteiger partial charge on any atom is -0.490 e. The lowest BCUT2D eigenvalue weighted by molar-refractivity contribution is -0.0286. The van der Waals surface area contributed by atoms with Gasteiger partial charge in [0.25, 0.3) is 5.91 Å². The maximum atomic E-state index is 15.5. The quantitative estimate of drug-likeness (QED) is 0.247. The summed E-state index contributed by atoms with van der Waals surface area (Å²) in [6.45, 7) is 12.5. The molecule has 2 aliphatic carbocycles. The van der Waals surface area contributed by atoms with Gasteiger partial charge in [0.1, 0.15) is 11.6 Å². The van der Waals surface area contributed by atoms with Crippen molar-refractivity contribution >= 4 is 47.1 Å². The molecule has 2 bridgehead atoms. The standard InChI is InChI=1S/C39H52ClFN4O3S2/c1-26-6-4-7-27(2)50-42-38(46)28-10-14-35-34(22-28)44(24-39(25-48-35)15-5-8-31-32(39)12-13-33(40)36(31)41)23-29-9-11-30(29)37(26)47-21-20-43-16-18-45(49-3)19-17-43/h6,10,12-14,22,27,29-30,37H,4-5,7-9,11,15-21,23-25H2,1-3H3,(H,42,46)/b26-6+/t27?,29-,30?,37?,39?/m0/s1. The van der Waals surface area contributed by atoms with Crippen LogP contribution in [-0.4, -0.2) is 91.7 Å². The van der Waals surface area contributed by atoms with E-state index in [0.29, 0.717) is 37.0 Å². The fourth-order valence-electron chi connectivity index (χ4n) is 8.76. The second-order valence-electron chi connectivity index (χ2n) is 15.0. The van der Waals surface area contributed by atoms with Crippen molar-refractivity contribution in [1.29, 1.82) is 0 Å². The van der Waals surface area contributed by atoms with Crippen LogP contribution in [0.1, 0.15) is 73.9 Å². The molecule has 50 heavy (non-hydrogen) atoms. The van der Waals surface area contributed by atoms with Gasteiger partial charge in [-0.1, -0.05) is 42.6 Å². The number of benzene rings is 2. The summed E-state index contributed by atoms with van der Waals surface area (Å²) in [5, 5.41) is 0.452. The number of amides is 1. The third kappa shape index (κ3) is 7.72. The van der Waals surface area contributed by atoms with E-state index in [4.69, 9.17) is 21.1 Å². The number of piperazine rings is 1. The van der Waals surface area contributed by atoms with Crippen LogP contribution in [0.5, 0.6) is 5.75 Å². The zero-order valence-electron chi connectivity index (χ0n) is 29.7. The second-order valence-corrected chi connectivity index (χ2v) is 17.5. The van der Waals surface area contributed by atoms with Crippen LogP contribution < -0.4 is 14.4 Å². The summed E-state index contributed by atoms with van der Waals surface area (Å²) in [6, 6.07) is 9.57. The van der Waals surface area contributed by atoms with Crippen LogP contribution in [0, 0.1) is 17.7 Å². The van der Waals surface area contributed by atoms with E-state index in [2.05, 4.69) is 45.0 Å². The highest BCUT2D eigenvalue weighted by Crippen LogP contribution is 2.48. The van der Waals surface area contributed by atoms with Crippen LogP contribution in [-0.2, 0) is 16.6 Å². The minimum atomic E-state index is -0.391. The molecule has 0 radical (unpaired) electrons. The molecule has 11 heteroatoms. The molecule has 2 aromatic carbocycles. The summed E-state index contributed by atoms with van der Waals surface area (Å²) in [4.78, 5) is 18.4. The van der Waals surface area contributed by atoms with E-state index in [9.17, 15) is 4.79 Å². The zero-order chi connectivity index (χ0) is 34.8. The van der Waals surface area contributed by atoms with E-state index < -0.39 is 5.41 Å². The fraction of sp³-hybridized carbons (Fsp3) is 0.615. The highest BCUT2D eigenvalue weighted by molar-refractivity contribution is 7.98. The number of carbonyl (C=O) groups is 1. The van der Waals surface area contributed by atoms with Crippen molar-refractivity contribution in [3.05, 3.63) is 69.5 Å². The van der Waals surface area contributed by atoms with Crippen LogP contribution >= 0.6 is 35.5 Å². The molecule has 7 nitrogen and oxygen atoms in total. The monoisotopic (exact) mass is 742 g/mol. The Bertz CT molecular complexity index is 1570. The first-order valence-electron chi connectivity index (χ1n) is 18.5. The molecule has 7 rings (SSSR count). The lowest BCUT2D eigenvalue weighted by Gasteiger charge is -2.47. The first-order valence-corrected chi connectivity index (χ1v) is 20.9. The van der Waals surface area contributed by atoms with Gasteiger partial charge in [0.15, 0.2) is 0 Å². The first-order chi connectivity index (χ1) is 24.2. The van der Waals surface area contributed by atoms with Gasteiger partial charge in [-0.25, -0.2) is 8.70 Å². The Balaban J connectivity index is 1.19. The van der Waals surface area contributed by atoms with E-state index in [1.807, 2.05) is 36.2 Å². The van der Waals surface area contributed by atoms with Crippen LogP contribution in [0.3, 0.4) is 0 Å². The Morgan fingerprint density at radius 2 is 2.00 bits per heavy atom. The van der Waals surface area contributed by atoms with E-state index in [1.165, 1.54) is 17.5 Å². The number of hydrogen-bond donors (Lipinski definition) is 1. The van der Waals surface area contributed by atoms with E-state index >= 15 is 4.39 Å². The van der Waals surface area contributed by atoms with Crippen molar-refractivity contribution in [2.45, 2.75) is 75.6 Å². The predicted octanol–water partition coefficient (Wildman–Crippen LogP) is 7.77. The number of rotatable bonds is 5. The van der Waals surface area contributed by atoms with E-state index in [-0.39, 0.29) is 28.1 Å². The molecule has 1 amide bonds. The molecule has 5 aliphatic rings. The van der Waals surface area contributed by atoms with E-state index in [0.717, 1.165) is 107 Å². The van der Waals surface area contributed by atoms with Crippen LogP contribution in [0.25, 0.3) is 0 Å². The van der Waals surface area contributed by atoms with Gasteiger partial charge in [-0.05, 0) is 123 Å². The SMILES string of the molecule is CSN1CCN(CCOC2/C(C)=C/CCC(C)SNC(=O)c3ccc4c(c3)N(C[C@@H]3CCC23)CC2(CCCc3c2ccc(Cl)c3F)CO4)CC1. The van der Waals surface area contributed by atoms with Gasteiger partial charge >= 0.3 is 0 Å². The smallest absolute Gasteiger partial charge is 0.261 e. The summed E-state index contributed by atoms with van der Waals surface area (Å²) < 4.78 is 34.6. The lowest BCUT2D eigenvalue weighted by atomic mass is 9.67. The molecule has 0 aromatic heterocycles. The molecule has 2 fully saturated rings. The maximum Gasteiger partial charge on any atom is 0.261 e. The summed E-state index contributed by atoms with van der Waals surface area (Å²) in [5.74, 6) is 1.22. The number of anilines is 1. The molecular formula is C39H52ClFN4O3S2. The molecule has 1 spiro atoms.